The Balaban J connectivity index is 2.40. The Hall–Kier alpha value is -1.76. The number of nitrogens with one attached hydrogen (secondary N) is 1. The molecule has 0 aliphatic rings. The van der Waals surface area contributed by atoms with Crippen LogP contribution in [0.5, 0.6) is 5.75 Å². The molecule has 112 valence electrons. The van der Waals surface area contributed by atoms with Gasteiger partial charge in [0.25, 0.3) is 0 Å². The monoisotopic (exact) mass is 291 g/mol. The molecule has 1 aromatic rings. The highest BCUT2D eigenvalue weighted by molar-refractivity contribution is 5.75. The summed E-state index contributed by atoms with van der Waals surface area (Å²) in [6.45, 7) is 5.42. The number of halogens is 3. The van der Waals surface area contributed by atoms with Gasteiger partial charge in [-0.3, -0.25) is 0 Å². The molecule has 0 unspecified atom stereocenters. The van der Waals surface area contributed by atoms with Gasteiger partial charge in [-0.1, -0.05) is 6.07 Å². The summed E-state index contributed by atoms with van der Waals surface area (Å²) in [6, 6.07) is 5.00. The van der Waals surface area contributed by atoms with Crippen LogP contribution in [-0.4, -0.2) is 24.8 Å². The van der Waals surface area contributed by atoms with E-state index in [0.29, 0.717) is 5.75 Å². The van der Waals surface area contributed by atoms with Crippen LogP contribution in [0.15, 0.2) is 18.2 Å². The van der Waals surface area contributed by atoms with Crippen LogP contribution in [0.1, 0.15) is 18.1 Å². The van der Waals surface area contributed by atoms with Gasteiger partial charge in [-0.2, -0.15) is 13.2 Å². The maximum atomic E-state index is 11.9. The van der Waals surface area contributed by atoms with E-state index in [1.807, 2.05) is 25.4 Å². The first-order chi connectivity index (χ1) is 9.18. The van der Waals surface area contributed by atoms with Gasteiger partial charge in [-0.25, -0.2) is 4.79 Å². The number of carbonyl (C=O) groups is 1. The molecular formula is C13H16F3NO3. The molecule has 1 aromatic carbocycles. The van der Waals surface area contributed by atoms with E-state index in [9.17, 15) is 18.0 Å². The molecule has 1 atom stereocenters. The van der Waals surface area contributed by atoms with Crippen molar-refractivity contribution in [3.63, 3.8) is 0 Å². The molecule has 0 spiro atoms. The molecule has 4 nitrogen and oxygen atoms in total. The minimum absolute atomic E-state index is 0.0635. The quantitative estimate of drug-likeness (QED) is 0.847. The summed E-state index contributed by atoms with van der Waals surface area (Å²) in [7, 11) is 0. The number of aryl methyl sites for hydroxylation is 2. The molecule has 0 fully saturated rings. The third-order valence-electron chi connectivity index (χ3n) is 2.28. The van der Waals surface area contributed by atoms with Crippen molar-refractivity contribution < 1.29 is 27.5 Å². The SMILES string of the molecule is Cc1cc(C)cc(OC[C@@H](C)NOC(=O)C(F)(F)F)c1. The zero-order chi connectivity index (χ0) is 15.3. The summed E-state index contributed by atoms with van der Waals surface area (Å²) >= 11 is 0. The first-order valence-electron chi connectivity index (χ1n) is 5.93. The summed E-state index contributed by atoms with van der Waals surface area (Å²) in [5, 5.41) is 0. The molecule has 0 saturated carbocycles. The Labute approximate surface area is 114 Å². The largest absolute Gasteiger partial charge is 0.492 e. The zero-order valence-corrected chi connectivity index (χ0v) is 11.4. The van der Waals surface area contributed by atoms with Crippen molar-refractivity contribution in [2.45, 2.75) is 33.0 Å². The molecule has 0 aromatic heterocycles. The third-order valence-corrected chi connectivity index (χ3v) is 2.28. The van der Waals surface area contributed by atoms with Crippen LogP contribution < -0.4 is 10.2 Å². The summed E-state index contributed by atoms with van der Waals surface area (Å²) in [5.74, 6) is -1.67. The van der Waals surface area contributed by atoms with E-state index in [1.54, 1.807) is 12.1 Å². The first kappa shape index (κ1) is 16.3. The Morgan fingerprint density at radius 2 is 1.80 bits per heavy atom. The Kier molecular flexibility index (Phi) is 5.38. The number of alkyl halides is 3. The lowest BCUT2D eigenvalue weighted by atomic mass is 10.1. The Morgan fingerprint density at radius 3 is 2.30 bits per heavy atom. The van der Waals surface area contributed by atoms with Crippen molar-refractivity contribution in [3.05, 3.63) is 29.3 Å². The second-order valence-corrected chi connectivity index (χ2v) is 4.54. The topological polar surface area (TPSA) is 47.6 Å². The standard InChI is InChI=1S/C13H16F3NO3/c1-8-4-9(2)6-11(5-8)19-7-10(3)17-20-12(18)13(14,15)16/h4-6,10,17H,7H2,1-3H3/t10-/m1/s1. The van der Waals surface area contributed by atoms with Gasteiger partial charge in [0.2, 0.25) is 0 Å². The molecule has 0 heterocycles. The lowest BCUT2D eigenvalue weighted by Gasteiger charge is -2.15. The fourth-order valence-electron chi connectivity index (χ4n) is 1.48. The van der Waals surface area contributed by atoms with E-state index >= 15 is 0 Å². The van der Waals surface area contributed by atoms with Crippen molar-refractivity contribution in [3.8, 4) is 5.75 Å². The fourth-order valence-corrected chi connectivity index (χ4v) is 1.48. The van der Waals surface area contributed by atoms with Gasteiger partial charge in [-0.05, 0) is 44.0 Å². The lowest BCUT2D eigenvalue weighted by molar-refractivity contribution is -0.208. The van der Waals surface area contributed by atoms with E-state index in [4.69, 9.17) is 4.74 Å². The van der Waals surface area contributed by atoms with Crippen LogP contribution in [0.3, 0.4) is 0 Å². The molecule has 0 aliphatic heterocycles. The van der Waals surface area contributed by atoms with Crippen LogP contribution in [0.2, 0.25) is 0 Å². The number of hydrogen-bond donors (Lipinski definition) is 1. The molecule has 7 heteroatoms. The van der Waals surface area contributed by atoms with Gasteiger partial charge in [0.1, 0.15) is 12.4 Å². The molecule has 0 aliphatic carbocycles. The highest BCUT2D eigenvalue weighted by Crippen LogP contribution is 2.17. The van der Waals surface area contributed by atoms with Crippen molar-refractivity contribution in [2.75, 3.05) is 6.61 Å². The third kappa shape index (κ3) is 5.48. The average molecular weight is 291 g/mol. The van der Waals surface area contributed by atoms with Crippen molar-refractivity contribution in [1.29, 1.82) is 0 Å². The van der Waals surface area contributed by atoms with Gasteiger partial charge >= 0.3 is 12.1 Å². The zero-order valence-electron chi connectivity index (χ0n) is 11.4. The number of hydrogen-bond acceptors (Lipinski definition) is 4. The van der Waals surface area contributed by atoms with Crippen LogP contribution >= 0.6 is 0 Å². The van der Waals surface area contributed by atoms with Crippen molar-refractivity contribution in [1.82, 2.24) is 5.48 Å². The molecular weight excluding hydrogens is 275 g/mol. The lowest BCUT2D eigenvalue weighted by Crippen LogP contribution is -2.38. The number of hydroxylamine groups is 1. The second kappa shape index (κ2) is 6.60. The van der Waals surface area contributed by atoms with Gasteiger partial charge in [0.05, 0.1) is 6.04 Å². The van der Waals surface area contributed by atoms with E-state index in [0.717, 1.165) is 11.1 Å². The maximum absolute atomic E-state index is 11.9. The van der Waals surface area contributed by atoms with Crippen molar-refractivity contribution >= 4 is 5.97 Å². The van der Waals surface area contributed by atoms with E-state index in [-0.39, 0.29) is 6.61 Å². The predicted molar refractivity (Wildman–Crippen MR) is 66.2 cm³/mol. The molecule has 1 N–H and O–H groups in total. The predicted octanol–water partition coefficient (Wildman–Crippen LogP) is 2.68. The van der Waals surface area contributed by atoms with Crippen LogP contribution in [0.25, 0.3) is 0 Å². The van der Waals surface area contributed by atoms with Crippen molar-refractivity contribution in [2.24, 2.45) is 0 Å². The Bertz CT molecular complexity index is 454. The van der Waals surface area contributed by atoms with Crippen LogP contribution in [0, 0.1) is 13.8 Å². The number of carbonyl (C=O) groups excluding carboxylic acids is 1. The van der Waals surface area contributed by atoms with Gasteiger partial charge in [0, 0.05) is 0 Å². The van der Waals surface area contributed by atoms with E-state index in [2.05, 4.69) is 4.84 Å². The fraction of sp³-hybridized carbons (Fsp3) is 0.462. The number of rotatable bonds is 5. The normalized spacial score (nSPS) is 12.9. The highest BCUT2D eigenvalue weighted by atomic mass is 19.4. The maximum Gasteiger partial charge on any atom is 0.492 e. The summed E-state index contributed by atoms with van der Waals surface area (Å²) in [4.78, 5) is 14.4. The summed E-state index contributed by atoms with van der Waals surface area (Å²) in [5.41, 5.74) is 4.03. The van der Waals surface area contributed by atoms with Crippen LogP contribution in [-0.2, 0) is 9.63 Å². The Morgan fingerprint density at radius 1 is 1.25 bits per heavy atom. The molecule has 1 rings (SSSR count). The highest BCUT2D eigenvalue weighted by Gasteiger charge is 2.41. The molecule has 0 radical (unpaired) electrons. The molecule has 0 amide bonds. The van der Waals surface area contributed by atoms with Crippen LogP contribution in [0.4, 0.5) is 13.2 Å². The number of benzene rings is 1. The smallest absolute Gasteiger partial charge is 0.492 e. The molecule has 0 saturated heterocycles. The van der Waals surface area contributed by atoms with Gasteiger partial charge < -0.3 is 9.57 Å². The average Bonchev–Trinajstić information content (AvgIpc) is 2.31. The second-order valence-electron chi connectivity index (χ2n) is 4.54. The molecule has 0 bridgehead atoms. The first-order valence-corrected chi connectivity index (χ1v) is 5.93. The van der Waals surface area contributed by atoms with Gasteiger partial charge in [-0.15, -0.1) is 5.48 Å². The molecule has 20 heavy (non-hydrogen) atoms. The minimum atomic E-state index is -5.01. The summed E-state index contributed by atoms with van der Waals surface area (Å²) in [6.07, 6.45) is -5.01. The van der Waals surface area contributed by atoms with E-state index < -0.39 is 18.2 Å². The van der Waals surface area contributed by atoms with Gasteiger partial charge in [0.15, 0.2) is 0 Å². The number of ether oxygens (including phenoxy) is 1. The summed E-state index contributed by atoms with van der Waals surface area (Å²) < 4.78 is 41.1. The minimum Gasteiger partial charge on any atom is -0.492 e. The van der Waals surface area contributed by atoms with E-state index in [1.165, 1.54) is 6.92 Å².